The van der Waals surface area contributed by atoms with Crippen LogP contribution in [0, 0.1) is 11.3 Å². The number of carbonyl (C=O) groups is 2. The Morgan fingerprint density at radius 1 is 1.32 bits per heavy atom. The number of aromatic nitrogens is 3. The highest BCUT2D eigenvalue weighted by Crippen LogP contribution is 2.17. The summed E-state index contributed by atoms with van der Waals surface area (Å²) in [7, 11) is 1.73. The number of esters is 1. The Morgan fingerprint density at radius 2 is 2.04 bits per heavy atom. The van der Waals surface area contributed by atoms with Gasteiger partial charge in [0.15, 0.2) is 5.16 Å². The Morgan fingerprint density at radius 3 is 2.68 bits per heavy atom. The van der Waals surface area contributed by atoms with Crippen LogP contribution in [0.1, 0.15) is 18.3 Å². The molecular weight excluding hydrogens is 342 g/mol. The van der Waals surface area contributed by atoms with E-state index in [-0.39, 0.29) is 24.1 Å². The van der Waals surface area contributed by atoms with E-state index >= 15 is 0 Å². The van der Waals surface area contributed by atoms with E-state index in [1.54, 1.807) is 42.8 Å². The molecule has 0 atom stereocenters. The number of nitrogens with zero attached hydrogens (tertiary/aromatic N) is 4. The lowest BCUT2D eigenvalue weighted by Gasteiger charge is -2.05. The molecule has 0 fully saturated rings. The second-order valence-corrected chi connectivity index (χ2v) is 5.91. The molecule has 130 valence electrons. The van der Waals surface area contributed by atoms with Gasteiger partial charge < -0.3 is 14.6 Å². The number of hydrogen-bond acceptors (Lipinski definition) is 7. The number of nitriles is 1. The number of amides is 1. The zero-order valence-corrected chi connectivity index (χ0v) is 14.7. The topological polar surface area (TPSA) is 110 Å². The fourth-order valence-corrected chi connectivity index (χ4v) is 2.65. The minimum absolute atomic E-state index is 0.0370. The van der Waals surface area contributed by atoms with Crippen molar-refractivity contribution in [1.82, 2.24) is 14.8 Å². The standard InChI is InChI=1S/C16H17N5O3S/c1-3-24-15(23)8-13-19-20-16(21(13)2)25-10-14(22)18-12-6-4-11(9-17)5-7-12/h4-7H,3,8,10H2,1-2H3,(H,18,22). The van der Waals surface area contributed by atoms with Crippen molar-refractivity contribution in [2.75, 3.05) is 17.7 Å². The largest absolute Gasteiger partial charge is 0.466 e. The molecule has 0 unspecified atom stereocenters. The van der Waals surface area contributed by atoms with Crippen LogP contribution in [0.4, 0.5) is 5.69 Å². The Kier molecular flexibility index (Phi) is 6.54. The van der Waals surface area contributed by atoms with Gasteiger partial charge in [0.25, 0.3) is 0 Å². The highest BCUT2D eigenvalue weighted by molar-refractivity contribution is 7.99. The van der Waals surface area contributed by atoms with Gasteiger partial charge in [0, 0.05) is 12.7 Å². The molecule has 0 aliphatic rings. The van der Waals surface area contributed by atoms with E-state index in [9.17, 15) is 9.59 Å². The zero-order valence-electron chi connectivity index (χ0n) is 13.9. The van der Waals surface area contributed by atoms with Gasteiger partial charge in [-0.15, -0.1) is 10.2 Å². The lowest BCUT2D eigenvalue weighted by molar-refractivity contribution is -0.142. The first-order valence-corrected chi connectivity index (χ1v) is 8.48. The minimum atomic E-state index is -0.367. The van der Waals surface area contributed by atoms with E-state index in [0.717, 1.165) is 0 Å². The summed E-state index contributed by atoms with van der Waals surface area (Å²) < 4.78 is 6.54. The van der Waals surface area contributed by atoms with Gasteiger partial charge in [-0.25, -0.2) is 0 Å². The zero-order chi connectivity index (χ0) is 18.2. The second kappa shape index (κ2) is 8.84. The average Bonchev–Trinajstić information content (AvgIpc) is 2.94. The van der Waals surface area contributed by atoms with Gasteiger partial charge in [-0.1, -0.05) is 11.8 Å². The van der Waals surface area contributed by atoms with Crippen molar-refractivity contribution in [2.24, 2.45) is 7.05 Å². The summed E-state index contributed by atoms with van der Waals surface area (Å²) in [6, 6.07) is 8.62. The molecule has 1 N–H and O–H groups in total. The van der Waals surface area contributed by atoms with Crippen molar-refractivity contribution < 1.29 is 14.3 Å². The smallest absolute Gasteiger partial charge is 0.313 e. The van der Waals surface area contributed by atoms with Crippen molar-refractivity contribution in [3.8, 4) is 6.07 Å². The van der Waals surface area contributed by atoms with Crippen LogP contribution in [0.5, 0.6) is 0 Å². The average molecular weight is 359 g/mol. The first kappa shape index (κ1) is 18.5. The van der Waals surface area contributed by atoms with Crippen LogP contribution < -0.4 is 5.32 Å². The third-order valence-electron chi connectivity index (χ3n) is 3.16. The molecule has 0 aliphatic heterocycles. The van der Waals surface area contributed by atoms with Gasteiger partial charge in [-0.05, 0) is 31.2 Å². The molecule has 0 saturated heterocycles. The van der Waals surface area contributed by atoms with Crippen LogP contribution in [0.25, 0.3) is 0 Å². The number of thioether (sulfide) groups is 1. The molecule has 2 rings (SSSR count). The molecule has 0 aliphatic carbocycles. The molecule has 0 radical (unpaired) electrons. The fourth-order valence-electron chi connectivity index (χ4n) is 1.92. The number of carbonyl (C=O) groups excluding carboxylic acids is 2. The maximum absolute atomic E-state index is 12.0. The van der Waals surface area contributed by atoms with E-state index in [0.29, 0.717) is 28.8 Å². The summed E-state index contributed by atoms with van der Waals surface area (Å²) in [6.45, 7) is 2.05. The van der Waals surface area contributed by atoms with Gasteiger partial charge in [0.1, 0.15) is 12.2 Å². The van der Waals surface area contributed by atoms with Crippen molar-refractivity contribution in [2.45, 2.75) is 18.5 Å². The number of ether oxygens (including phenoxy) is 1. The van der Waals surface area contributed by atoms with Crippen LogP contribution in [-0.4, -0.2) is 39.0 Å². The quantitative estimate of drug-likeness (QED) is 0.589. The van der Waals surface area contributed by atoms with E-state index < -0.39 is 0 Å². The Labute approximate surface area is 149 Å². The van der Waals surface area contributed by atoms with Crippen LogP contribution in [0.3, 0.4) is 0 Å². The van der Waals surface area contributed by atoms with E-state index in [1.165, 1.54) is 11.8 Å². The molecule has 0 saturated carbocycles. The first-order chi connectivity index (χ1) is 12.0. The summed E-state index contributed by atoms with van der Waals surface area (Å²) in [5.74, 6) is 0.0528. The summed E-state index contributed by atoms with van der Waals surface area (Å²) in [6.07, 6.45) is 0.0370. The molecule has 0 spiro atoms. The summed E-state index contributed by atoms with van der Waals surface area (Å²) in [5.41, 5.74) is 1.14. The molecule has 1 aromatic heterocycles. The third kappa shape index (κ3) is 5.32. The molecule has 1 heterocycles. The maximum Gasteiger partial charge on any atom is 0.313 e. The number of rotatable bonds is 7. The number of anilines is 1. The molecule has 9 heteroatoms. The van der Waals surface area contributed by atoms with Gasteiger partial charge >= 0.3 is 5.97 Å². The lowest BCUT2D eigenvalue weighted by atomic mass is 10.2. The molecule has 2 aromatic rings. The van der Waals surface area contributed by atoms with Crippen molar-refractivity contribution in [3.63, 3.8) is 0 Å². The van der Waals surface area contributed by atoms with Crippen LogP contribution >= 0.6 is 11.8 Å². The van der Waals surface area contributed by atoms with Crippen molar-refractivity contribution in [1.29, 1.82) is 5.26 Å². The van der Waals surface area contributed by atoms with E-state index in [1.807, 2.05) is 6.07 Å². The third-order valence-corrected chi connectivity index (χ3v) is 4.18. The van der Waals surface area contributed by atoms with Crippen LogP contribution in [0.2, 0.25) is 0 Å². The van der Waals surface area contributed by atoms with Gasteiger partial charge in [0.2, 0.25) is 5.91 Å². The van der Waals surface area contributed by atoms with Crippen molar-refractivity contribution in [3.05, 3.63) is 35.7 Å². The number of benzene rings is 1. The van der Waals surface area contributed by atoms with Crippen molar-refractivity contribution >= 4 is 29.3 Å². The lowest BCUT2D eigenvalue weighted by Crippen LogP contribution is -2.15. The summed E-state index contributed by atoms with van der Waals surface area (Å²) in [4.78, 5) is 23.5. The Balaban J connectivity index is 1.88. The second-order valence-electron chi connectivity index (χ2n) is 4.97. The highest BCUT2D eigenvalue weighted by atomic mass is 32.2. The molecule has 1 amide bonds. The van der Waals surface area contributed by atoms with Gasteiger partial charge in [-0.2, -0.15) is 5.26 Å². The fraction of sp³-hybridized carbons (Fsp3) is 0.312. The predicted octanol–water partition coefficient (Wildman–Crippen LogP) is 1.52. The molecular formula is C16H17N5O3S. The molecule has 25 heavy (non-hydrogen) atoms. The highest BCUT2D eigenvalue weighted by Gasteiger charge is 2.15. The normalized spacial score (nSPS) is 10.1. The molecule has 8 nitrogen and oxygen atoms in total. The van der Waals surface area contributed by atoms with Gasteiger partial charge in [0.05, 0.1) is 24.0 Å². The van der Waals surface area contributed by atoms with E-state index in [2.05, 4.69) is 15.5 Å². The molecule has 1 aromatic carbocycles. The summed E-state index contributed by atoms with van der Waals surface area (Å²) in [5, 5.41) is 20.0. The number of hydrogen-bond donors (Lipinski definition) is 1. The first-order valence-electron chi connectivity index (χ1n) is 7.50. The SMILES string of the molecule is CCOC(=O)Cc1nnc(SCC(=O)Nc2ccc(C#N)cc2)n1C. The number of nitrogens with one attached hydrogen (secondary N) is 1. The van der Waals surface area contributed by atoms with Crippen LogP contribution in [0.15, 0.2) is 29.4 Å². The van der Waals surface area contributed by atoms with E-state index in [4.69, 9.17) is 10.00 Å². The predicted molar refractivity (Wildman–Crippen MR) is 91.9 cm³/mol. The monoisotopic (exact) mass is 359 g/mol. The Bertz CT molecular complexity index is 795. The maximum atomic E-state index is 12.0. The van der Waals surface area contributed by atoms with Crippen LogP contribution in [-0.2, 0) is 27.8 Å². The molecule has 0 bridgehead atoms. The van der Waals surface area contributed by atoms with Gasteiger partial charge in [-0.3, -0.25) is 9.59 Å². The summed E-state index contributed by atoms with van der Waals surface area (Å²) >= 11 is 1.22. The Hall–Kier alpha value is -2.86. The minimum Gasteiger partial charge on any atom is -0.466 e.